The van der Waals surface area contributed by atoms with E-state index in [0.717, 1.165) is 10.9 Å². The number of aromatic carboxylic acids is 1. The first kappa shape index (κ1) is 14.2. The smallest absolute Gasteiger partial charge is 0.198 e. The molecule has 0 atom stereocenters. The number of aromatic nitrogens is 1. The van der Waals surface area contributed by atoms with E-state index < -0.39 is 5.97 Å². The van der Waals surface area contributed by atoms with E-state index in [1.54, 1.807) is 0 Å². The van der Waals surface area contributed by atoms with Gasteiger partial charge < -0.3 is 20.0 Å². The normalized spacial score (nSPS) is 11.3. The summed E-state index contributed by atoms with van der Waals surface area (Å²) >= 11 is 5.78. The summed E-state index contributed by atoms with van der Waals surface area (Å²) in [5, 5.41) is 22.1. The van der Waals surface area contributed by atoms with Gasteiger partial charge in [-0.2, -0.15) is 0 Å². The minimum absolute atomic E-state index is 0.0334. The Kier molecular flexibility index (Phi) is 3.56. The summed E-state index contributed by atoms with van der Waals surface area (Å²) in [4.78, 5) is 18.1. The molecule has 6 heteroatoms. The molecule has 110 valence electrons. The molecule has 0 amide bonds. The van der Waals surface area contributed by atoms with E-state index in [1.807, 2.05) is 24.3 Å². The standard InChI is InChI=1S/C16H11ClN2O3/c17-9-5-6-13(11(7-9)16(21)22)18-8-12-10-3-1-2-4-14(10)19-15(12)20/h1-8,19-20H,(H,21,22)/p-1. The Bertz CT molecular complexity index is 900. The van der Waals surface area contributed by atoms with Crippen LogP contribution in [0.25, 0.3) is 10.9 Å². The molecule has 5 nitrogen and oxygen atoms in total. The number of halogens is 1. The monoisotopic (exact) mass is 313 g/mol. The highest BCUT2D eigenvalue weighted by atomic mass is 35.5. The van der Waals surface area contributed by atoms with Crippen LogP contribution in [0, 0.1) is 0 Å². The van der Waals surface area contributed by atoms with E-state index in [2.05, 4.69) is 9.98 Å². The van der Waals surface area contributed by atoms with Crippen LogP contribution in [0.3, 0.4) is 0 Å². The van der Waals surface area contributed by atoms with Gasteiger partial charge in [-0.05, 0) is 24.3 Å². The Morgan fingerprint density at radius 1 is 1.27 bits per heavy atom. The fourth-order valence-corrected chi connectivity index (χ4v) is 2.37. The van der Waals surface area contributed by atoms with Crippen LogP contribution in [0.15, 0.2) is 47.5 Å². The lowest BCUT2D eigenvalue weighted by molar-refractivity contribution is -0.254. The lowest BCUT2D eigenvalue weighted by Crippen LogP contribution is -2.22. The molecule has 0 aliphatic heterocycles. The predicted molar refractivity (Wildman–Crippen MR) is 83.0 cm³/mol. The van der Waals surface area contributed by atoms with Gasteiger partial charge in [0.15, 0.2) is 5.88 Å². The molecule has 2 aromatic carbocycles. The van der Waals surface area contributed by atoms with Crippen LogP contribution in [-0.2, 0) is 0 Å². The second-order valence-electron chi connectivity index (χ2n) is 4.64. The maximum Gasteiger partial charge on any atom is 0.198 e. The van der Waals surface area contributed by atoms with Crippen LogP contribution in [-0.4, -0.2) is 22.3 Å². The Morgan fingerprint density at radius 3 is 2.82 bits per heavy atom. The summed E-state index contributed by atoms with van der Waals surface area (Å²) in [6, 6.07) is 11.6. The fourth-order valence-electron chi connectivity index (χ4n) is 2.20. The predicted octanol–water partition coefficient (Wildman–Crippen LogP) is 2.64. The zero-order valence-corrected chi connectivity index (χ0v) is 12.0. The van der Waals surface area contributed by atoms with E-state index in [1.165, 1.54) is 24.4 Å². The summed E-state index contributed by atoms with van der Waals surface area (Å²) in [6.07, 6.45) is 1.41. The highest BCUT2D eigenvalue weighted by Crippen LogP contribution is 2.27. The number of aliphatic imine (C=N–C) groups is 1. The number of carboxylic acids is 1. The largest absolute Gasteiger partial charge is 0.545 e. The summed E-state index contributed by atoms with van der Waals surface area (Å²) in [7, 11) is 0. The molecule has 22 heavy (non-hydrogen) atoms. The number of H-pyrrole nitrogens is 1. The molecule has 0 saturated carbocycles. The van der Waals surface area contributed by atoms with Crippen molar-refractivity contribution in [2.75, 3.05) is 0 Å². The van der Waals surface area contributed by atoms with Crippen LogP contribution in [0.4, 0.5) is 5.69 Å². The summed E-state index contributed by atoms with van der Waals surface area (Å²) < 4.78 is 0. The first-order valence-corrected chi connectivity index (χ1v) is 6.78. The highest BCUT2D eigenvalue weighted by Gasteiger charge is 2.09. The molecule has 3 aromatic rings. The zero-order chi connectivity index (χ0) is 15.7. The molecule has 0 fully saturated rings. The van der Waals surface area contributed by atoms with Gasteiger partial charge in [0, 0.05) is 27.7 Å². The van der Waals surface area contributed by atoms with Crippen molar-refractivity contribution in [3.8, 4) is 5.88 Å². The number of benzene rings is 2. The molecule has 0 unspecified atom stereocenters. The number of fused-ring (bicyclic) bond motifs is 1. The summed E-state index contributed by atoms with van der Waals surface area (Å²) in [5.41, 5.74) is 1.34. The second-order valence-corrected chi connectivity index (χ2v) is 5.08. The number of rotatable bonds is 3. The number of carbonyl (C=O) groups is 1. The van der Waals surface area contributed by atoms with Gasteiger partial charge in [0.05, 0.1) is 17.2 Å². The van der Waals surface area contributed by atoms with Gasteiger partial charge in [0.2, 0.25) is 0 Å². The van der Waals surface area contributed by atoms with Gasteiger partial charge >= 0.3 is 0 Å². The lowest BCUT2D eigenvalue weighted by Gasteiger charge is -2.06. The summed E-state index contributed by atoms with van der Waals surface area (Å²) in [5.74, 6) is -1.40. The molecule has 0 saturated heterocycles. The third-order valence-electron chi connectivity index (χ3n) is 3.24. The molecule has 3 rings (SSSR count). The van der Waals surface area contributed by atoms with E-state index >= 15 is 0 Å². The van der Waals surface area contributed by atoms with Crippen LogP contribution < -0.4 is 5.11 Å². The second kappa shape index (κ2) is 5.54. The van der Waals surface area contributed by atoms with Crippen molar-refractivity contribution >= 4 is 40.4 Å². The van der Waals surface area contributed by atoms with E-state index in [0.29, 0.717) is 5.56 Å². The van der Waals surface area contributed by atoms with Crippen LogP contribution in [0.5, 0.6) is 5.88 Å². The number of hydrogen-bond acceptors (Lipinski definition) is 4. The quantitative estimate of drug-likeness (QED) is 0.728. The Morgan fingerprint density at radius 2 is 2.05 bits per heavy atom. The van der Waals surface area contributed by atoms with Crippen LogP contribution in [0.2, 0.25) is 5.02 Å². The fraction of sp³-hybridized carbons (Fsp3) is 0. The molecule has 0 bridgehead atoms. The van der Waals surface area contributed by atoms with Crippen molar-refractivity contribution in [2.24, 2.45) is 4.99 Å². The van der Waals surface area contributed by atoms with Gasteiger partial charge in [-0.25, -0.2) is 0 Å². The molecule has 1 heterocycles. The number of carboxylic acid groups (broad SMARTS) is 1. The highest BCUT2D eigenvalue weighted by molar-refractivity contribution is 6.31. The first-order chi connectivity index (χ1) is 10.6. The Balaban J connectivity index is 2.07. The zero-order valence-electron chi connectivity index (χ0n) is 11.2. The number of nitrogens with zero attached hydrogens (tertiary/aromatic N) is 1. The number of carbonyl (C=O) groups excluding carboxylic acids is 1. The average Bonchev–Trinajstić information content (AvgIpc) is 2.81. The Hall–Kier alpha value is -2.79. The molecule has 1 aromatic heterocycles. The molecule has 2 N–H and O–H groups in total. The minimum atomic E-state index is -1.36. The van der Waals surface area contributed by atoms with Crippen molar-refractivity contribution in [3.63, 3.8) is 0 Å². The number of aromatic amines is 1. The molecule has 0 aliphatic rings. The van der Waals surface area contributed by atoms with Gasteiger partial charge in [-0.3, -0.25) is 4.99 Å². The van der Waals surface area contributed by atoms with E-state index in [4.69, 9.17) is 11.6 Å². The van der Waals surface area contributed by atoms with Crippen LogP contribution in [0.1, 0.15) is 15.9 Å². The molecular weight excluding hydrogens is 304 g/mol. The van der Waals surface area contributed by atoms with Crippen molar-refractivity contribution in [1.29, 1.82) is 0 Å². The van der Waals surface area contributed by atoms with Crippen LogP contribution >= 0.6 is 11.6 Å². The van der Waals surface area contributed by atoms with Gasteiger partial charge in [-0.1, -0.05) is 29.8 Å². The summed E-state index contributed by atoms with van der Waals surface area (Å²) in [6.45, 7) is 0. The van der Waals surface area contributed by atoms with E-state index in [-0.39, 0.29) is 22.2 Å². The molecule has 0 aliphatic carbocycles. The number of nitrogens with one attached hydrogen (secondary N) is 1. The average molecular weight is 314 g/mol. The topological polar surface area (TPSA) is 88.5 Å². The number of hydrogen-bond donors (Lipinski definition) is 2. The number of aromatic hydroxyl groups is 1. The SMILES string of the molecule is O=C([O-])c1cc(Cl)ccc1N=Cc1c(O)[nH]c2ccccc12. The molecule has 0 radical (unpaired) electrons. The van der Waals surface area contributed by atoms with Gasteiger partial charge in [0.1, 0.15) is 0 Å². The lowest BCUT2D eigenvalue weighted by atomic mass is 10.1. The van der Waals surface area contributed by atoms with Crippen molar-refractivity contribution in [1.82, 2.24) is 4.98 Å². The van der Waals surface area contributed by atoms with E-state index in [9.17, 15) is 15.0 Å². The van der Waals surface area contributed by atoms with Gasteiger partial charge in [0.25, 0.3) is 0 Å². The maximum absolute atomic E-state index is 11.1. The van der Waals surface area contributed by atoms with Crippen molar-refractivity contribution in [2.45, 2.75) is 0 Å². The molecular formula is C16H10ClN2O3-. The minimum Gasteiger partial charge on any atom is -0.545 e. The van der Waals surface area contributed by atoms with Crippen molar-refractivity contribution < 1.29 is 15.0 Å². The third kappa shape index (κ3) is 2.54. The van der Waals surface area contributed by atoms with Gasteiger partial charge in [-0.15, -0.1) is 0 Å². The molecule has 0 spiro atoms. The first-order valence-electron chi connectivity index (χ1n) is 6.41. The maximum atomic E-state index is 11.1. The van der Waals surface area contributed by atoms with Crippen molar-refractivity contribution in [3.05, 3.63) is 58.6 Å². The Labute approximate surface area is 130 Å². The number of para-hydroxylation sites is 1. The third-order valence-corrected chi connectivity index (χ3v) is 3.47.